The van der Waals surface area contributed by atoms with Crippen LogP contribution in [0.3, 0.4) is 0 Å². The zero-order chi connectivity index (χ0) is 7.73. The molecule has 1 saturated carbocycles. The molecule has 0 amide bonds. The van der Waals surface area contributed by atoms with Gasteiger partial charge in [0.15, 0.2) is 0 Å². The number of hydrogen-bond acceptors (Lipinski definition) is 1. The van der Waals surface area contributed by atoms with E-state index >= 15 is 0 Å². The van der Waals surface area contributed by atoms with E-state index in [4.69, 9.17) is 0 Å². The largest absolute Gasteiger partial charge is 0.317 e. The summed E-state index contributed by atoms with van der Waals surface area (Å²) in [5, 5.41) is 3.45. The lowest BCUT2D eigenvalue weighted by Gasteiger charge is -2.33. The van der Waals surface area contributed by atoms with Crippen molar-refractivity contribution in [3.8, 4) is 0 Å². The van der Waals surface area contributed by atoms with Gasteiger partial charge >= 0.3 is 0 Å². The zero-order valence-corrected chi connectivity index (χ0v) is 7.53. The average molecular weight is 153 g/mol. The molecule has 1 N–H and O–H groups in total. The minimum Gasteiger partial charge on any atom is -0.317 e. The number of piperidine rings is 1. The molecule has 0 aromatic rings. The van der Waals surface area contributed by atoms with E-state index in [-0.39, 0.29) is 0 Å². The molecule has 0 bridgehead atoms. The van der Waals surface area contributed by atoms with Gasteiger partial charge < -0.3 is 5.32 Å². The van der Waals surface area contributed by atoms with Crippen LogP contribution in [0.5, 0.6) is 0 Å². The van der Waals surface area contributed by atoms with Gasteiger partial charge in [-0.3, -0.25) is 0 Å². The summed E-state index contributed by atoms with van der Waals surface area (Å²) in [6, 6.07) is 0. The Morgan fingerprint density at radius 1 is 1.18 bits per heavy atom. The SMILES string of the molecule is C[C@@H]1CCC2(CCNCC2)C1. The van der Waals surface area contributed by atoms with Crippen LogP contribution in [0.25, 0.3) is 0 Å². The first-order valence-corrected chi connectivity index (χ1v) is 5.02. The Morgan fingerprint density at radius 2 is 1.91 bits per heavy atom. The van der Waals surface area contributed by atoms with Gasteiger partial charge in [0.25, 0.3) is 0 Å². The maximum Gasteiger partial charge on any atom is -0.00436 e. The summed E-state index contributed by atoms with van der Waals surface area (Å²) >= 11 is 0. The molecule has 1 saturated heterocycles. The van der Waals surface area contributed by atoms with Gasteiger partial charge in [-0.05, 0) is 50.1 Å². The topological polar surface area (TPSA) is 12.0 Å². The van der Waals surface area contributed by atoms with E-state index in [9.17, 15) is 0 Å². The van der Waals surface area contributed by atoms with Gasteiger partial charge in [0.1, 0.15) is 0 Å². The summed E-state index contributed by atoms with van der Waals surface area (Å²) in [5.74, 6) is 1.01. The van der Waals surface area contributed by atoms with Crippen molar-refractivity contribution in [2.75, 3.05) is 13.1 Å². The molecule has 2 rings (SSSR count). The predicted molar refractivity (Wildman–Crippen MR) is 47.6 cm³/mol. The van der Waals surface area contributed by atoms with Crippen molar-refractivity contribution in [3.63, 3.8) is 0 Å². The maximum absolute atomic E-state index is 3.45. The lowest BCUT2D eigenvalue weighted by molar-refractivity contribution is 0.203. The summed E-state index contributed by atoms with van der Waals surface area (Å²) in [7, 11) is 0. The van der Waals surface area contributed by atoms with Crippen LogP contribution in [0.4, 0.5) is 0 Å². The van der Waals surface area contributed by atoms with E-state index in [2.05, 4.69) is 12.2 Å². The highest BCUT2D eigenvalue weighted by atomic mass is 14.9. The quantitative estimate of drug-likeness (QED) is 0.562. The molecule has 0 radical (unpaired) electrons. The first-order valence-electron chi connectivity index (χ1n) is 5.02. The summed E-state index contributed by atoms with van der Waals surface area (Å²) in [5.41, 5.74) is 0.782. The highest BCUT2D eigenvalue weighted by molar-refractivity contribution is 4.90. The van der Waals surface area contributed by atoms with E-state index in [1.807, 2.05) is 0 Å². The van der Waals surface area contributed by atoms with Crippen molar-refractivity contribution in [2.45, 2.75) is 39.0 Å². The van der Waals surface area contributed by atoms with Crippen LogP contribution in [0.2, 0.25) is 0 Å². The van der Waals surface area contributed by atoms with Crippen LogP contribution in [-0.4, -0.2) is 13.1 Å². The standard InChI is InChI=1S/C10H19N/c1-9-2-3-10(8-9)4-6-11-7-5-10/h9,11H,2-8H2,1H3/t9-/m1/s1. The highest BCUT2D eigenvalue weighted by Gasteiger charge is 2.37. The van der Waals surface area contributed by atoms with Gasteiger partial charge in [0.05, 0.1) is 0 Å². The van der Waals surface area contributed by atoms with Crippen molar-refractivity contribution < 1.29 is 0 Å². The Hall–Kier alpha value is -0.0400. The van der Waals surface area contributed by atoms with Gasteiger partial charge in [0.2, 0.25) is 0 Å². The Kier molecular flexibility index (Phi) is 1.92. The van der Waals surface area contributed by atoms with Gasteiger partial charge in [-0.15, -0.1) is 0 Å². The van der Waals surface area contributed by atoms with Crippen LogP contribution in [0.15, 0.2) is 0 Å². The van der Waals surface area contributed by atoms with Gasteiger partial charge in [-0.2, -0.15) is 0 Å². The first-order chi connectivity index (χ1) is 5.31. The molecule has 0 aromatic carbocycles. The van der Waals surface area contributed by atoms with E-state index in [0.29, 0.717) is 0 Å². The minimum atomic E-state index is 0.782. The molecule has 2 aliphatic rings. The summed E-state index contributed by atoms with van der Waals surface area (Å²) in [6.07, 6.45) is 7.39. The normalized spacial score (nSPS) is 36.3. The smallest absolute Gasteiger partial charge is 0.00436 e. The number of hydrogen-bond donors (Lipinski definition) is 1. The molecule has 1 atom stereocenters. The summed E-state index contributed by atoms with van der Waals surface area (Å²) < 4.78 is 0. The molecule has 0 unspecified atom stereocenters. The van der Waals surface area contributed by atoms with Gasteiger partial charge in [-0.25, -0.2) is 0 Å². The molecule has 1 aliphatic carbocycles. The van der Waals surface area contributed by atoms with E-state index in [0.717, 1.165) is 11.3 Å². The Labute approximate surface area is 69.6 Å². The van der Waals surface area contributed by atoms with Crippen LogP contribution < -0.4 is 5.32 Å². The van der Waals surface area contributed by atoms with Crippen LogP contribution in [0, 0.1) is 11.3 Å². The van der Waals surface area contributed by atoms with Crippen molar-refractivity contribution in [1.82, 2.24) is 5.32 Å². The molecule has 1 heteroatoms. The molecule has 1 nitrogen and oxygen atoms in total. The predicted octanol–water partition coefficient (Wildman–Crippen LogP) is 2.18. The molecule has 64 valence electrons. The fourth-order valence-electron chi connectivity index (χ4n) is 2.91. The third kappa shape index (κ3) is 1.44. The van der Waals surface area contributed by atoms with E-state index in [1.54, 1.807) is 0 Å². The molecule has 1 heterocycles. The van der Waals surface area contributed by atoms with Crippen LogP contribution in [-0.2, 0) is 0 Å². The van der Waals surface area contributed by atoms with Crippen LogP contribution in [0.1, 0.15) is 39.0 Å². The highest BCUT2D eigenvalue weighted by Crippen LogP contribution is 2.47. The third-order valence-electron chi connectivity index (χ3n) is 3.61. The molecule has 1 aliphatic heterocycles. The van der Waals surface area contributed by atoms with Crippen molar-refractivity contribution in [2.24, 2.45) is 11.3 Å². The summed E-state index contributed by atoms with van der Waals surface area (Å²) in [4.78, 5) is 0. The molecular weight excluding hydrogens is 134 g/mol. The average Bonchev–Trinajstić information content (AvgIpc) is 2.34. The number of rotatable bonds is 0. The monoisotopic (exact) mass is 153 g/mol. The molecular formula is C10H19N. The number of nitrogens with one attached hydrogen (secondary N) is 1. The van der Waals surface area contributed by atoms with E-state index in [1.165, 1.54) is 45.2 Å². The molecule has 2 fully saturated rings. The second-order valence-electron chi connectivity index (χ2n) is 4.60. The van der Waals surface area contributed by atoms with Crippen molar-refractivity contribution in [1.29, 1.82) is 0 Å². The molecule has 0 aromatic heterocycles. The van der Waals surface area contributed by atoms with Gasteiger partial charge in [0, 0.05) is 0 Å². The first kappa shape index (κ1) is 7.60. The lowest BCUT2D eigenvalue weighted by atomic mass is 9.77. The van der Waals surface area contributed by atoms with Gasteiger partial charge in [-0.1, -0.05) is 13.3 Å². The second kappa shape index (κ2) is 2.78. The lowest BCUT2D eigenvalue weighted by Crippen LogP contribution is -2.34. The fraction of sp³-hybridized carbons (Fsp3) is 1.00. The molecule has 11 heavy (non-hydrogen) atoms. The van der Waals surface area contributed by atoms with Crippen molar-refractivity contribution >= 4 is 0 Å². The summed E-state index contributed by atoms with van der Waals surface area (Å²) in [6.45, 7) is 4.95. The Balaban J connectivity index is 1.98. The van der Waals surface area contributed by atoms with E-state index < -0.39 is 0 Å². The fourth-order valence-corrected chi connectivity index (χ4v) is 2.91. The van der Waals surface area contributed by atoms with Crippen molar-refractivity contribution in [3.05, 3.63) is 0 Å². The minimum absolute atomic E-state index is 0.782. The molecule has 1 spiro atoms. The Morgan fingerprint density at radius 3 is 2.45 bits per heavy atom. The van der Waals surface area contributed by atoms with Crippen LogP contribution >= 0.6 is 0 Å². The zero-order valence-electron chi connectivity index (χ0n) is 7.53. The maximum atomic E-state index is 3.45. The Bertz CT molecular complexity index is 130. The second-order valence-corrected chi connectivity index (χ2v) is 4.60. The third-order valence-corrected chi connectivity index (χ3v) is 3.61.